The molecule has 1 aromatic rings. The topological polar surface area (TPSA) is 25.4 Å². The first-order valence-corrected chi connectivity index (χ1v) is 5.85. The Labute approximate surface area is 102 Å². The van der Waals surface area contributed by atoms with Gasteiger partial charge in [0.15, 0.2) is 0 Å². The van der Waals surface area contributed by atoms with Crippen molar-refractivity contribution >= 4 is 5.82 Å². The fourth-order valence-electron chi connectivity index (χ4n) is 2.52. The molecular formula is C13H19FN2O. The predicted octanol–water partition coefficient (Wildman–Crippen LogP) is 2.61. The van der Waals surface area contributed by atoms with E-state index in [1.807, 2.05) is 33.8 Å². The molecule has 2 heterocycles. The Hall–Kier alpha value is -1.16. The van der Waals surface area contributed by atoms with Gasteiger partial charge in [0.1, 0.15) is 5.82 Å². The van der Waals surface area contributed by atoms with Crippen molar-refractivity contribution in [3.05, 3.63) is 24.1 Å². The molecule has 1 fully saturated rings. The van der Waals surface area contributed by atoms with E-state index >= 15 is 0 Å². The fraction of sp³-hybridized carbons (Fsp3) is 0.615. The number of nitrogens with zero attached hydrogens (tertiary/aromatic N) is 2. The van der Waals surface area contributed by atoms with E-state index in [0.717, 1.165) is 0 Å². The molecule has 0 amide bonds. The molecule has 94 valence electrons. The molecular weight excluding hydrogens is 219 g/mol. The van der Waals surface area contributed by atoms with Crippen molar-refractivity contribution in [3.8, 4) is 0 Å². The van der Waals surface area contributed by atoms with Gasteiger partial charge in [0, 0.05) is 13.1 Å². The maximum atomic E-state index is 13.1. The standard InChI is InChI=1S/C13H19FN2O/c1-12(2)8-16(9-13(3,4)17-12)11-7-5-6-10(14)15-11/h5-7H,8-9H2,1-4H3. The lowest BCUT2D eigenvalue weighted by Gasteiger charge is -2.47. The SMILES string of the molecule is CC1(C)CN(c2cccc(F)n2)CC(C)(C)O1. The highest BCUT2D eigenvalue weighted by atomic mass is 19.1. The van der Waals surface area contributed by atoms with E-state index < -0.39 is 5.95 Å². The van der Waals surface area contributed by atoms with E-state index in [1.165, 1.54) is 6.07 Å². The van der Waals surface area contributed by atoms with Gasteiger partial charge >= 0.3 is 0 Å². The first-order valence-electron chi connectivity index (χ1n) is 5.85. The van der Waals surface area contributed by atoms with E-state index in [1.54, 1.807) is 6.07 Å². The Morgan fingerprint density at radius 1 is 1.18 bits per heavy atom. The summed E-state index contributed by atoms with van der Waals surface area (Å²) in [6, 6.07) is 4.88. The lowest BCUT2D eigenvalue weighted by molar-refractivity contribution is -0.133. The highest BCUT2D eigenvalue weighted by molar-refractivity contribution is 5.39. The minimum atomic E-state index is -0.440. The largest absolute Gasteiger partial charge is 0.366 e. The molecule has 2 rings (SSSR count). The van der Waals surface area contributed by atoms with Crippen molar-refractivity contribution in [2.45, 2.75) is 38.9 Å². The fourth-order valence-corrected chi connectivity index (χ4v) is 2.52. The number of pyridine rings is 1. The van der Waals surface area contributed by atoms with Crippen LogP contribution in [0.25, 0.3) is 0 Å². The first kappa shape index (κ1) is 12.3. The van der Waals surface area contributed by atoms with Crippen molar-refractivity contribution in [1.29, 1.82) is 0 Å². The van der Waals surface area contributed by atoms with Crippen molar-refractivity contribution in [2.75, 3.05) is 18.0 Å². The molecule has 0 saturated carbocycles. The summed E-state index contributed by atoms with van der Waals surface area (Å²) in [6.45, 7) is 9.60. The van der Waals surface area contributed by atoms with Crippen LogP contribution in [0.2, 0.25) is 0 Å². The molecule has 0 radical (unpaired) electrons. The van der Waals surface area contributed by atoms with Gasteiger partial charge in [-0.1, -0.05) is 6.07 Å². The number of halogens is 1. The lowest BCUT2D eigenvalue weighted by Crippen LogP contribution is -2.57. The molecule has 3 nitrogen and oxygen atoms in total. The normalized spacial score (nSPS) is 22.5. The van der Waals surface area contributed by atoms with Crippen LogP contribution in [0.15, 0.2) is 18.2 Å². The number of morpholine rings is 1. The second-order valence-corrected chi connectivity index (χ2v) is 5.80. The zero-order valence-corrected chi connectivity index (χ0v) is 10.8. The van der Waals surface area contributed by atoms with E-state index in [4.69, 9.17) is 4.74 Å². The number of anilines is 1. The molecule has 0 N–H and O–H groups in total. The third-order valence-electron chi connectivity index (χ3n) is 2.72. The van der Waals surface area contributed by atoms with Crippen LogP contribution in [0.5, 0.6) is 0 Å². The van der Waals surface area contributed by atoms with E-state index in [2.05, 4.69) is 9.88 Å². The molecule has 0 aliphatic carbocycles. The molecule has 1 aliphatic rings. The van der Waals surface area contributed by atoms with E-state index in [9.17, 15) is 4.39 Å². The maximum Gasteiger partial charge on any atom is 0.214 e. The first-order chi connectivity index (χ1) is 7.77. The van der Waals surface area contributed by atoms with Crippen LogP contribution < -0.4 is 4.90 Å². The second-order valence-electron chi connectivity index (χ2n) is 5.80. The van der Waals surface area contributed by atoms with Crippen LogP contribution in [0, 0.1) is 5.95 Å². The summed E-state index contributed by atoms with van der Waals surface area (Å²) in [5, 5.41) is 0. The molecule has 17 heavy (non-hydrogen) atoms. The Bertz CT molecular complexity index is 402. The molecule has 1 aromatic heterocycles. The van der Waals surface area contributed by atoms with Gasteiger partial charge in [-0.25, -0.2) is 4.98 Å². The minimum Gasteiger partial charge on any atom is -0.366 e. The van der Waals surface area contributed by atoms with Gasteiger partial charge in [-0.05, 0) is 39.8 Å². The van der Waals surface area contributed by atoms with Gasteiger partial charge in [0.25, 0.3) is 0 Å². The Kier molecular flexibility index (Phi) is 2.86. The van der Waals surface area contributed by atoms with Crippen LogP contribution in [0.4, 0.5) is 10.2 Å². The van der Waals surface area contributed by atoms with E-state index in [0.29, 0.717) is 18.9 Å². The predicted molar refractivity (Wildman–Crippen MR) is 65.7 cm³/mol. The number of ether oxygens (including phenoxy) is 1. The summed E-state index contributed by atoms with van der Waals surface area (Å²) in [4.78, 5) is 6.01. The van der Waals surface area contributed by atoms with Gasteiger partial charge < -0.3 is 9.64 Å². The smallest absolute Gasteiger partial charge is 0.214 e. The summed E-state index contributed by atoms with van der Waals surface area (Å²) in [7, 11) is 0. The monoisotopic (exact) mass is 238 g/mol. The summed E-state index contributed by atoms with van der Waals surface area (Å²) in [5.41, 5.74) is -0.508. The van der Waals surface area contributed by atoms with Gasteiger partial charge in [-0.2, -0.15) is 4.39 Å². The van der Waals surface area contributed by atoms with Gasteiger partial charge in [0.2, 0.25) is 5.95 Å². The molecule has 4 heteroatoms. The van der Waals surface area contributed by atoms with E-state index in [-0.39, 0.29) is 11.2 Å². The van der Waals surface area contributed by atoms with Gasteiger partial charge in [0.05, 0.1) is 11.2 Å². The highest BCUT2D eigenvalue weighted by Crippen LogP contribution is 2.30. The molecule has 1 aliphatic heterocycles. The Morgan fingerprint density at radius 2 is 1.76 bits per heavy atom. The molecule has 0 atom stereocenters. The third-order valence-corrected chi connectivity index (χ3v) is 2.72. The Morgan fingerprint density at radius 3 is 2.29 bits per heavy atom. The van der Waals surface area contributed by atoms with Crippen LogP contribution >= 0.6 is 0 Å². The highest BCUT2D eigenvalue weighted by Gasteiger charge is 2.38. The minimum absolute atomic E-state index is 0.254. The maximum absolute atomic E-state index is 13.1. The van der Waals surface area contributed by atoms with Crippen molar-refractivity contribution < 1.29 is 9.13 Å². The van der Waals surface area contributed by atoms with Gasteiger partial charge in [-0.3, -0.25) is 0 Å². The number of hydrogen-bond donors (Lipinski definition) is 0. The van der Waals surface area contributed by atoms with Gasteiger partial charge in [-0.15, -0.1) is 0 Å². The summed E-state index contributed by atoms with van der Waals surface area (Å²) >= 11 is 0. The van der Waals surface area contributed by atoms with Crippen LogP contribution in [0.3, 0.4) is 0 Å². The van der Waals surface area contributed by atoms with Crippen LogP contribution in [-0.4, -0.2) is 29.3 Å². The molecule has 0 spiro atoms. The van der Waals surface area contributed by atoms with Crippen LogP contribution in [0.1, 0.15) is 27.7 Å². The summed E-state index contributed by atoms with van der Waals surface area (Å²) < 4.78 is 19.1. The zero-order valence-electron chi connectivity index (χ0n) is 10.8. The zero-order chi connectivity index (χ0) is 12.7. The molecule has 0 unspecified atom stereocenters. The second kappa shape index (κ2) is 3.95. The average molecular weight is 238 g/mol. The molecule has 0 aromatic carbocycles. The van der Waals surface area contributed by atoms with Crippen molar-refractivity contribution in [1.82, 2.24) is 4.98 Å². The van der Waals surface area contributed by atoms with Crippen molar-refractivity contribution in [2.24, 2.45) is 0 Å². The molecule has 1 saturated heterocycles. The summed E-state index contributed by atoms with van der Waals surface area (Å²) in [6.07, 6.45) is 0. The van der Waals surface area contributed by atoms with Crippen LogP contribution in [-0.2, 0) is 4.74 Å². The summed E-state index contributed by atoms with van der Waals surface area (Å²) in [5.74, 6) is 0.235. The van der Waals surface area contributed by atoms with Crippen molar-refractivity contribution in [3.63, 3.8) is 0 Å². The third kappa shape index (κ3) is 2.94. The number of rotatable bonds is 1. The quantitative estimate of drug-likeness (QED) is 0.703. The number of aromatic nitrogens is 1. The molecule has 0 bridgehead atoms. The average Bonchev–Trinajstić information content (AvgIpc) is 2.12. The lowest BCUT2D eigenvalue weighted by atomic mass is 9.99. The number of hydrogen-bond acceptors (Lipinski definition) is 3. The Balaban J connectivity index is 2.27.